The average Bonchev–Trinajstić information content (AvgIpc) is 2.65. The minimum atomic E-state index is -3.91. The topological polar surface area (TPSA) is 76.4 Å². The summed E-state index contributed by atoms with van der Waals surface area (Å²) in [6.07, 6.45) is 0. The number of carbonyl (C=O) groups is 1. The summed E-state index contributed by atoms with van der Waals surface area (Å²) in [6, 6.07) is 4.75. The number of carbonyl (C=O) groups excluding carboxylic acids is 1. The lowest BCUT2D eigenvalue weighted by atomic mass is 10.1. The van der Waals surface area contributed by atoms with Crippen molar-refractivity contribution in [2.45, 2.75) is 39.5 Å². The fraction of sp³-hybridized carbons (Fsp3) is 0.312. The van der Waals surface area contributed by atoms with Gasteiger partial charge in [0.1, 0.15) is 11.5 Å². The minimum absolute atomic E-state index is 0.0690. The first-order valence-corrected chi connectivity index (χ1v) is 8.33. The van der Waals surface area contributed by atoms with Gasteiger partial charge in [-0.15, -0.1) is 0 Å². The molecule has 0 aliphatic rings. The molecule has 0 unspecified atom stereocenters. The number of hydrogen-bond donors (Lipinski definition) is 1. The van der Waals surface area contributed by atoms with E-state index in [0.29, 0.717) is 17.1 Å². The van der Waals surface area contributed by atoms with E-state index in [1.54, 1.807) is 32.9 Å². The quantitative estimate of drug-likeness (QED) is 0.943. The van der Waals surface area contributed by atoms with Crippen LogP contribution in [0.3, 0.4) is 0 Å². The summed E-state index contributed by atoms with van der Waals surface area (Å²) in [6.45, 7) is 8.81. The molecule has 0 saturated carbocycles. The van der Waals surface area contributed by atoms with Crippen LogP contribution in [0.15, 0.2) is 27.5 Å². The van der Waals surface area contributed by atoms with Crippen LogP contribution in [-0.2, 0) is 10.0 Å². The van der Waals surface area contributed by atoms with E-state index >= 15 is 0 Å². The van der Waals surface area contributed by atoms with Gasteiger partial charge < -0.3 is 4.42 Å². The zero-order valence-electron chi connectivity index (χ0n) is 13.3. The molecule has 1 aromatic carbocycles. The second-order valence-corrected chi connectivity index (χ2v) is 7.08. The first kappa shape index (κ1) is 16.3. The van der Waals surface area contributed by atoms with E-state index in [9.17, 15) is 13.2 Å². The maximum Gasteiger partial charge on any atom is 0.268 e. The molecule has 0 spiro atoms. The molecule has 0 saturated heterocycles. The van der Waals surface area contributed by atoms with Crippen LogP contribution in [0.4, 0.5) is 0 Å². The van der Waals surface area contributed by atoms with Crippen molar-refractivity contribution in [2.75, 3.05) is 0 Å². The van der Waals surface area contributed by atoms with Gasteiger partial charge in [0.2, 0.25) is 0 Å². The van der Waals surface area contributed by atoms with Crippen molar-refractivity contribution >= 4 is 15.9 Å². The summed E-state index contributed by atoms with van der Waals surface area (Å²) < 4.78 is 32.2. The molecule has 1 amide bonds. The molecule has 22 heavy (non-hydrogen) atoms. The highest BCUT2D eigenvalue weighted by Gasteiger charge is 2.24. The predicted molar refractivity (Wildman–Crippen MR) is 83.5 cm³/mol. The third-order valence-electron chi connectivity index (χ3n) is 3.80. The zero-order valence-corrected chi connectivity index (χ0v) is 14.1. The van der Waals surface area contributed by atoms with Crippen molar-refractivity contribution in [2.24, 2.45) is 0 Å². The molecule has 118 valence electrons. The monoisotopic (exact) mass is 321 g/mol. The van der Waals surface area contributed by atoms with Crippen LogP contribution in [0, 0.1) is 34.6 Å². The summed E-state index contributed by atoms with van der Waals surface area (Å²) in [4.78, 5) is 12.4. The highest BCUT2D eigenvalue weighted by atomic mass is 32.2. The Labute approximate surface area is 130 Å². The van der Waals surface area contributed by atoms with Crippen molar-refractivity contribution in [3.05, 3.63) is 52.0 Å². The zero-order chi connectivity index (χ0) is 16.7. The van der Waals surface area contributed by atoms with Crippen LogP contribution in [-0.4, -0.2) is 14.3 Å². The number of aryl methyl sites for hydroxylation is 4. The maximum atomic E-state index is 12.3. The summed E-state index contributed by atoms with van der Waals surface area (Å²) in [5, 5.41) is 0. The van der Waals surface area contributed by atoms with Gasteiger partial charge in [0.25, 0.3) is 15.9 Å². The predicted octanol–water partition coefficient (Wildman–Crippen LogP) is 2.94. The van der Waals surface area contributed by atoms with E-state index in [1.807, 2.05) is 13.8 Å². The van der Waals surface area contributed by atoms with Crippen molar-refractivity contribution in [3.8, 4) is 0 Å². The van der Waals surface area contributed by atoms with Gasteiger partial charge in [0, 0.05) is 5.56 Å². The Bertz CT molecular complexity index is 847. The number of furan rings is 1. The van der Waals surface area contributed by atoms with Gasteiger partial charge in [-0.2, -0.15) is 0 Å². The van der Waals surface area contributed by atoms with E-state index in [1.165, 1.54) is 6.07 Å². The minimum Gasteiger partial charge on any atom is -0.466 e. The van der Waals surface area contributed by atoms with Crippen molar-refractivity contribution in [3.63, 3.8) is 0 Å². The molecule has 1 N–H and O–H groups in total. The summed E-state index contributed by atoms with van der Waals surface area (Å²) in [5.74, 6) is 0.332. The van der Waals surface area contributed by atoms with Gasteiger partial charge in [-0.05, 0) is 57.9 Å². The van der Waals surface area contributed by atoms with Crippen molar-refractivity contribution < 1.29 is 17.6 Å². The van der Waals surface area contributed by atoms with Gasteiger partial charge in [-0.3, -0.25) is 4.79 Å². The number of amides is 1. The van der Waals surface area contributed by atoms with Crippen LogP contribution < -0.4 is 4.72 Å². The molecule has 2 rings (SSSR count). The number of benzene rings is 1. The van der Waals surface area contributed by atoms with Gasteiger partial charge >= 0.3 is 0 Å². The highest BCUT2D eigenvalue weighted by Crippen LogP contribution is 2.21. The molecular weight excluding hydrogens is 302 g/mol. The molecule has 6 heteroatoms. The summed E-state index contributed by atoms with van der Waals surface area (Å²) in [5.41, 5.74) is 2.75. The number of rotatable bonds is 3. The first-order chi connectivity index (χ1) is 10.1. The molecule has 5 nitrogen and oxygen atoms in total. The third kappa shape index (κ3) is 2.92. The normalized spacial score (nSPS) is 11.5. The Balaban J connectivity index is 2.36. The largest absolute Gasteiger partial charge is 0.466 e. The standard InChI is InChI=1S/C16H19NO4S/c1-9-6-7-14(8-10(9)2)22(19,20)17-16(18)15-11(3)12(4)21-13(15)5/h6-8H,1-5H3,(H,17,18). The molecule has 0 radical (unpaired) electrons. The smallest absolute Gasteiger partial charge is 0.268 e. The third-order valence-corrected chi connectivity index (χ3v) is 5.13. The first-order valence-electron chi connectivity index (χ1n) is 6.84. The summed E-state index contributed by atoms with van der Waals surface area (Å²) >= 11 is 0. The van der Waals surface area contributed by atoms with Crippen LogP contribution in [0.5, 0.6) is 0 Å². The van der Waals surface area contributed by atoms with Crippen LogP contribution >= 0.6 is 0 Å². The molecular formula is C16H19NO4S. The number of hydrogen-bond acceptors (Lipinski definition) is 4. The van der Waals surface area contributed by atoms with E-state index in [2.05, 4.69) is 4.72 Å². The Morgan fingerprint density at radius 1 is 1.00 bits per heavy atom. The van der Waals surface area contributed by atoms with Gasteiger partial charge in [0.05, 0.1) is 10.5 Å². The van der Waals surface area contributed by atoms with Crippen LogP contribution in [0.25, 0.3) is 0 Å². The Hall–Kier alpha value is -2.08. The lowest BCUT2D eigenvalue weighted by Gasteiger charge is -2.09. The molecule has 0 bridgehead atoms. The van der Waals surface area contributed by atoms with Crippen molar-refractivity contribution in [1.82, 2.24) is 4.72 Å². The highest BCUT2D eigenvalue weighted by molar-refractivity contribution is 7.90. The van der Waals surface area contributed by atoms with Gasteiger partial charge in [-0.1, -0.05) is 6.07 Å². The lowest BCUT2D eigenvalue weighted by Crippen LogP contribution is -2.31. The van der Waals surface area contributed by atoms with E-state index in [0.717, 1.165) is 11.1 Å². The molecule has 0 atom stereocenters. The lowest BCUT2D eigenvalue weighted by molar-refractivity contribution is 0.0979. The number of sulfonamides is 1. The molecule has 1 aromatic heterocycles. The Morgan fingerprint density at radius 3 is 2.14 bits per heavy atom. The van der Waals surface area contributed by atoms with Gasteiger partial charge in [0.15, 0.2) is 0 Å². The van der Waals surface area contributed by atoms with Gasteiger partial charge in [-0.25, -0.2) is 13.1 Å². The van der Waals surface area contributed by atoms with E-state index in [-0.39, 0.29) is 10.5 Å². The van der Waals surface area contributed by atoms with E-state index in [4.69, 9.17) is 4.42 Å². The Kier molecular flexibility index (Phi) is 4.15. The molecule has 0 aliphatic heterocycles. The molecule has 1 heterocycles. The second-order valence-electron chi connectivity index (χ2n) is 5.40. The molecule has 0 fully saturated rings. The van der Waals surface area contributed by atoms with Crippen LogP contribution in [0.2, 0.25) is 0 Å². The molecule has 0 aliphatic carbocycles. The average molecular weight is 321 g/mol. The number of nitrogens with one attached hydrogen (secondary N) is 1. The Morgan fingerprint density at radius 2 is 1.64 bits per heavy atom. The van der Waals surface area contributed by atoms with E-state index < -0.39 is 15.9 Å². The second kappa shape index (κ2) is 5.61. The fourth-order valence-electron chi connectivity index (χ4n) is 2.24. The SMILES string of the molecule is Cc1ccc(S(=O)(=O)NC(=O)c2c(C)oc(C)c2C)cc1C. The summed E-state index contributed by atoms with van der Waals surface area (Å²) in [7, 11) is -3.91. The van der Waals surface area contributed by atoms with Crippen molar-refractivity contribution in [1.29, 1.82) is 0 Å². The maximum absolute atomic E-state index is 12.3. The fourth-order valence-corrected chi connectivity index (χ4v) is 3.28. The molecule has 2 aromatic rings. The van der Waals surface area contributed by atoms with Crippen LogP contribution in [0.1, 0.15) is 38.6 Å².